The van der Waals surface area contributed by atoms with Crippen LogP contribution in [0.1, 0.15) is 56.0 Å². The zero-order valence-corrected chi connectivity index (χ0v) is 13.0. The van der Waals surface area contributed by atoms with Gasteiger partial charge in [-0.15, -0.1) is 11.3 Å². The molecule has 0 aromatic carbocycles. The van der Waals surface area contributed by atoms with Crippen LogP contribution in [0.15, 0.2) is 11.4 Å². The van der Waals surface area contributed by atoms with Gasteiger partial charge >= 0.3 is 0 Å². The van der Waals surface area contributed by atoms with Crippen molar-refractivity contribution in [2.75, 3.05) is 13.1 Å². The van der Waals surface area contributed by atoms with Gasteiger partial charge in [0.1, 0.15) is 0 Å². The van der Waals surface area contributed by atoms with E-state index in [2.05, 4.69) is 35.5 Å². The standard InChI is InChI=1S/C16H26N2S/c1-3-17-13-4-6-14(7-5-13)18-10-8-16-15(12(18)2)9-11-19-16/h9,11-14,17H,3-8,10H2,1-2H3. The number of nitrogens with zero attached hydrogens (tertiary/aromatic N) is 1. The van der Waals surface area contributed by atoms with E-state index in [1.807, 2.05) is 11.3 Å². The van der Waals surface area contributed by atoms with E-state index in [0.29, 0.717) is 6.04 Å². The summed E-state index contributed by atoms with van der Waals surface area (Å²) in [5.74, 6) is 0. The molecular formula is C16H26N2S. The molecule has 106 valence electrons. The van der Waals surface area contributed by atoms with Crippen molar-refractivity contribution in [1.29, 1.82) is 0 Å². The first-order valence-corrected chi connectivity index (χ1v) is 8.73. The third-order valence-corrected chi connectivity index (χ3v) is 5.98. The van der Waals surface area contributed by atoms with Crippen LogP contribution in [-0.4, -0.2) is 30.1 Å². The summed E-state index contributed by atoms with van der Waals surface area (Å²) in [7, 11) is 0. The summed E-state index contributed by atoms with van der Waals surface area (Å²) in [6, 6.07) is 4.58. The Hall–Kier alpha value is -0.380. The maximum atomic E-state index is 3.61. The lowest BCUT2D eigenvalue weighted by molar-refractivity contribution is 0.0972. The summed E-state index contributed by atoms with van der Waals surface area (Å²) in [4.78, 5) is 4.40. The third-order valence-electron chi connectivity index (χ3n) is 4.98. The highest BCUT2D eigenvalue weighted by atomic mass is 32.1. The average Bonchev–Trinajstić information content (AvgIpc) is 2.90. The minimum Gasteiger partial charge on any atom is -0.314 e. The fourth-order valence-corrected chi connectivity index (χ4v) is 4.89. The van der Waals surface area contributed by atoms with Gasteiger partial charge in [-0.3, -0.25) is 4.90 Å². The second-order valence-electron chi connectivity index (χ2n) is 6.03. The number of hydrogen-bond donors (Lipinski definition) is 1. The molecule has 2 heterocycles. The molecule has 1 N–H and O–H groups in total. The van der Waals surface area contributed by atoms with Crippen LogP contribution < -0.4 is 5.32 Å². The van der Waals surface area contributed by atoms with Crippen molar-refractivity contribution in [2.24, 2.45) is 0 Å². The van der Waals surface area contributed by atoms with E-state index in [1.54, 1.807) is 10.4 Å². The Labute approximate surface area is 121 Å². The van der Waals surface area contributed by atoms with Gasteiger partial charge in [0, 0.05) is 29.5 Å². The molecule has 0 spiro atoms. The Bertz CT molecular complexity index is 407. The molecule has 1 aliphatic carbocycles. The zero-order chi connectivity index (χ0) is 13.2. The molecule has 1 fully saturated rings. The van der Waals surface area contributed by atoms with Crippen LogP contribution in [0, 0.1) is 0 Å². The van der Waals surface area contributed by atoms with E-state index in [1.165, 1.54) is 38.6 Å². The van der Waals surface area contributed by atoms with Crippen LogP contribution in [0.2, 0.25) is 0 Å². The predicted octanol–water partition coefficient (Wildman–Crippen LogP) is 3.59. The van der Waals surface area contributed by atoms with E-state index >= 15 is 0 Å². The van der Waals surface area contributed by atoms with Gasteiger partial charge in [0.15, 0.2) is 0 Å². The predicted molar refractivity (Wildman–Crippen MR) is 82.9 cm³/mol. The highest BCUT2D eigenvalue weighted by Crippen LogP contribution is 2.37. The molecule has 1 atom stereocenters. The Morgan fingerprint density at radius 3 is 2.84 bits per heavy atom. The molecule has 2 nitrogen and oxygen atoms in total. The first-order valence-electron chi connectivity index (χ1n) is 7.85. The van der Waals surface area contributed by atoms with Crippen LogP contribution >= 0.6 is 11.3 Å². The summed E-state index contributed by atoms with van der Waals surface area (Å²) in [5.41, 5.74) is 1.60. The van der Waals surface area contributed by atoms with Crippen molar-refractivity contribution in [2.45, 2.75) is 64.1 Å². The number of fused-ring (bicyclic) bond motifs is 1. The highest BCUT2D eigenvalue weighted by Gasteiger charge is 2.32. The van der Waals surface area contributed by atoms with Gasteiger partial charge in [-0.25, -0.2) is 0 Å². The monoisotopic (exact) mass is 278 g/mol. The Balaban J connectivity index is 1.62. The van der Waals surface area contributed by atoms with Gasteiger partial charge in [0.25, 0.3) is 0 Å². The molecule has 0 saturated heterocycles. The molecule has 3 rings (SSSR count). The number of rotatable bonds is 3. The van der Waals surface area contributed by atoms with E-state index in [9.17, 15) is 0 Å². The van der Waals surface area contributed by atoms with Crippen LogP contribution in [-0.2, 0) is 6.42 Å². The van der Waals surface area contributed by atoms with Gasteiger partial charge in [-0.05, 0) is 62.6 Å². The lowest BCUT2D eigenvalue weighted by Gasteiger charge is -2.42. The van der Waals surface area contributed by atoms with E-state index in [4.69, 9.17) is 0 Å². The topological polar surface area (TPSA) is 15.3 Å². The zero-order valence-electron chi connectivity index (χ0n) is 12.2. The second-order valence-corrected chi connectivity index (χ2v) is 7.03. The number of thiophene rings is 1. The quantitative estimate of drug-likeness (QED) is 0.909. The SMILES string of the molecule is CCNC1CCC(N2CCc3sccc3C2C)CC1. The van der Waals surface area contributed by atoms with Gasteiger partial charge in [-0.2, -0.15) is 0 Å². The minimum atomic E-state index is 0.635. The fourth-order valence-electron chi connectivity index (χ4n) is 3.93. The molecule has 19 heavy (non-hydrogen) atoms. The average molecular weight is 278 g/mol. The van der Waals surface area contributed by atoms with Crippen LogP contribution in [0.25, 0.3) is 0 Å². The molecule has 2 aliphatic rings. The largest absolute Gasteiger partial charge is 0.314 e. The van der Waals surface area contributed by atoms with Crippen molar-refractivity contribution in [1.82, 2.24) is 10.2 Å². The van der Waals surface area contributed by atoms with Gasteiger partial charge in [-0.1, -0.05) is 6.92 Å². The highest BCUT2D eigenvalue weighted by molar-refractivity contribution is 7.10. The molecule has 1 aromatic heterocycles. The van der Waals surface area contributed by atoms with E-state index in [0.717, 1.165) is 18.6 Å². The van der Waals surface area contributed by atoms with Gasteiger partial charge < -0.3 is 5.32 Å². The van der Waals surface area contributed by atoms with E-state index in [-0.39, 0.29) is 0 Å². The maximum Gasteiger partial charge on any atom is 0.0333 e. The van der Waals surface area contributed by atoms with Crippen LogP contribution in [0.4, 0.5) is 0 Å². The summed E-state index contributed by atoms with van der Waals surface area (Å²) in [6.45, 7) is 7.01. The van der Waals surface area contributed by atoms with Gasteiger partial charge in [0.2, 0.25) is 0 Å². The van der Waals surface area contributed by atoms with Gasteiger partial charge in [0.05, 0.1) is 0 Å². The first-order chi connectivity index (χ1) is 9.29. The fraction of sp³-hybridized carbons (Fsp3) is 0.750. The third kappa shape index (κ3) is 2.74. The Morgan fingerprint density at radius 1 is 1.32 bits per heavy atom. The molecule has 0 radical (unpaired) electrons. The van der Waals surface area contributed by atoms with Crippen molar-refractivity contribution < 1.29 is 0 Å². The Morgan fingerprint density at radius 2 is 2.11 bits per heavy atom. The lowest BCUT2D eigenvalue weighted by Crippen LogP contribution is -2.45. The van der Waals surface area contributed by atoms with Crippen LogP contribution in [0.5, 0.6) is 0 Å². The molecule has 0 amide bonds. The molecule has 0 bridgehead atoms. The molecule has 1 unspecified atom stereocenters. The molecule has 1 aliphatic heterocycles. The molecular weight excluding hydrogens is 252 g/mol. The summed E-state index contributed by atoms with van der Waals surface area (Å²) < 4.78 is 0. The number of hydrogen-bond acceptors (Lipinski definition) is 3. The molecule has 1 saturated carbocycles. The van der Waals surface area contributed by atoms with Crippen molar-refractivity contribution in [3.63, 3.8) is 0 Å². The summed E-state index contributed by atoms with van der Waals surface area (Å²) in [6.07, 6.45) is 6.74. The summed E-state index contributed by atoms with van der Waals surface area (Å²) >= 11 is 1.95. The first kappa shape index (κ1) is 13.6. The van der Waals surface area contributed by atoms with Crippen molar-refractivity contribution in [3.8, 4) is 0 Å². The number of nitrogens with one attached hydrogen (secondary N) is 1. The smallest absolute Gasteiger partial charge is 0.0333 e. The van der Waals surface area contributed by atoms with Crippen molar-refractivity contribution in [3.05, 3.63) is 21.9 Å². The summed E-state index contributed by atoms with van der Waals surface area (Å²) in [5, 5.41) is 5.88. The maximum absolute atomic E-state index is 3.61. The van der Waals surface area contributed by atoms with E-state index < -0.39 is 0 Å². The van der Waals surface area contributed by atoms with Crippen molar-refractivity contribution >= 4 is 11.3 Å². The normalized spacial score (nSPS) is 32.2. The second kappa shape index (κ2) is 5.94. The Kier molecular flexibility index (Phi) is 4.25. The molecule has 1 aromatic rings. The van der Waals surface area contributed by atoms with Crippen LogP contribution in [0.3, 0.4) is 0 Å². The lowest BCUT2D eigenvalue weighted by atomic mass is 9.87. The minimum absolute atomic E-state index is 0.635. The molecule has 3 heteroatoms.